The van der Waals surface area contributed by atoms with E-state index in [4.69, 9.17) is 4.55 Å². The summed E-state index contributed by atoms with van der Waals surface area (Å²) in [7, 11) is -4.13. The molecule has 0 aliphatic heterocycles. The molecule has 17 heavy (non-hydrogen) atoms. The van der Waals surface area contributed by atoms with Crippen LogP contribution in [0.5, 0.6) is 0 Å². The summed E-state index contributed by atoms with van der Waals surface area (Å²) in [6.07, 6.45) is 2.33. The highest BCUT2D eigenvalue weighted by Gasteiger charge is 2.24. The van der Waals surface area contributed by atoms with Crippen LogP contribution in [0.2, 0.25) is 0 Å². The summed E-state index contributed by atoms with van der Waals surface area (Å²) in [4.78, 5) is -0.130. The minimum Gasteiger partial charge on any atom is -0.391 e. The van der Waals surface area contributed by atoms with Crippen LogP contribution in [0.15, 0.2) is 29.2 Å². The molecule has 0 radical (unpaired) electrons. The second kappa shape index (κ2) is 4.64. The Bertz CT molecular complexity index is 483. The molecule has 3 N–H and O–H groups in total. The molecule has 1 fully saturated rings. The molecular weight excluding hydrogens is 242 g/mol. The molecule has 6 heteroatoms. The van der Waals surface area contributed by atoms with Gasteiger partial charge in [0.15, 0.2) is 0 Å². The van der Waals surface area contributed by atoms with Crippen LogP contribution >= 0.6 is 0 Å². The fourth-order valence-corrected chi connectivity index (χ4v) is 2.53. The SMILES string of the molecule is O=S(=O)(O)c1ccc(NC2CCCC2O)cc1. The van der Waals surface area contributed by atoms with E-state index in [-0.39, 0.29) is 17.0 Å². The second-order valence-electron chi connectivity index (χ2n) is 4.25. The van der Waals surface area contributed by atoms with Gasteiger partial charge in [0.25, 0.3) is 10.1 Å². The van der Waals surface area contributed by atoms with Crippen molar-refractivity contribution in [2.45, 2.75) is 36.3 Å². The molecule has 0 spiro atoms. The van der Waals surface area contributed by atoms with Gasteiger partial charge in [0.1, 0.15) is 0 Å². The number of aliphatic hydroxyl groups is 1. The van der Waals surface area contributed by atoms with E-state index in [1.54, 1.807) is 12.1 Å². The van der Waals surface area contributed by atoms with Crippen molar-refractivity contribution in [1.29, 1.82) is 0 Å². The van der Waals surface area contributed by atoms with Crippen molar-refractivity contribution in [1.82, 2.24) is 0 Å². The van der Waals surface area contributed by atoms with Gasteiger partial charge in [-0.25, -0.2) is 0 Å². The fourth-order valence-electron chi connectivity index (χ4n) is 2.05. The smallest absolute Gasteiger partial charge is 0.294 e. The molecule has 0 aromatic heterocycles. The molecule has 94 valence electrons. The Hall–Kier alpha value is -1.11. The van der Waals surface area contributed by atoms with Crippen LogP contribution < -0.4 is 5.32 Å². The lowest BCUT2D eigenvalue weighted by atomic mass is 10.2. The Labute approximate surface area is 100 Å². The van der Waals surface area contributed by atoms with Gasteiger partial charge in [-0.15, -0.1) is 0 Å². The highest BCUT2D eigenvalue weighted by Crippen LogP contribution is 2.23. The van der Waals surface area contributed by atoms with Crippen LogP contribution in [0.25, 0.3) is 0 Å². The van der Waals surface area contributed by atoms with Crippen molar-refractivity contribution in [3.63, 3.8) is 0 Å². The van der Waals surface area contributed by atoms with Gasteiger partial charge in [-0.3, -0.25) is 4.55 Å². The molecule has 0 heterocycles. The Morgan fingerprint density at radius 1 is 1.18 bits per heavy atom. The quantitative estimate of drug-likeness (QED) is 0.710. The summed E-state index contributed by atoms with van der Waals surface area (Å²) < 4.78 is 30.5. The molecule has 1 aromatic carbocycles. The van der Waals surface area contributed by atoms with Gasteiger partial charge < -0.3 is 10.4 Å². The summed E-state index contributed by atoms with van der Waals surface area (Å²) in [5.41, 5.74) is 0.739. The van der Waals surface area contributed by atoms with E-state index >= 15 is 0 Å². The summed E-state index contributed by atoms with van der Waals surface area (Å²) in [6, 6.07) is 5.84. The molecule has 2 unspecified atom stereocenters. The zero-order valence-electron chi connectivity index (χ0n) is 9.20. The highest BCUT2D eigenvalue weighted by atomic mass is 32.2. The number of benzene rings is 1. The molecule has 1 aliphatic carbocycles. The van der Waals surface area contributed by atoms with E-state index in [1.807, 2.05) is 0 Å². The maximum atomic E-state index is 10.8. The summed E-state index contributed by atoms with van der Waals surface area (Å²) in [5.74, 6) is 0. The van der Waals surface area contributed by atoms with Crippen LogP contribution in [0.3, 0.4) is 0 Å². The minimum atomic E-state index is -4.13. The monoisotopic (exact) mass is 257 g/mol. The van der Waals surface area contributed by atoms with Crippen molar-refractivity contribution in [3.8, 4) is 0 Å². The predicted molar refractivity (Wildman–Crippen MR) is 63.5 cm³/mol. The molecule has 0 bridgehead atoms. The van der Waals surface area contributed by atoms with E-state index in [9.17, 15) is 13.5 Å². The van der Waals surface area contributed by atoms with Crippen molar-refractivity contribution < 1.29 is 18.1 Å². The highest BCUT2D eigenvalue weighted by molar-refractivity contribution is 7.85. The Morgan fingerprint density at radius 3 is 2.29 bits per heavy atom. The molecular formula is C11H15NO4S. The van der Waals surface area contributed by atoms with E-state index in [0.29, 0.717) is 0 Å². The third-order valence-corrected chi connectivity index (χ3v) is 3.85. The summed E-state index contributed by atoms with van der Waals surface area (Å²) in [6.45, 7) is 0. The van der Waals surface area contributed by atoms with Crippen LogP contribution in [-0.2, 0) is 10.1 Å². The number of nitrogens with one attached hydrogen (secondary N) is 1. The fraction of sp³-hybridized carbons (Fsp3) is 0.455. The molecule has 1 saturated carbocycles. The van der Waals surface area contributed by atoms with Gasteiger partial charge in [0, 0.05) is 5.69 Å². The largest absolute Gasteiger partial charge is 0.391 e. The molecule has 5 nitrogen and oxygen atoms in total. The molecule has 0 amide bonds. The van der Waals surface area contributed by atoms with Gasteiger partial charge in [-0.05, 0) is 43.5 Å². The van der Waals surface area contributed by atoms with Crippen molar-refractivity contribution in [2.24, 2.45) is 0 Å². The standard InChI is InChI=1S/C11H15NO4S/c13-11-3-1-2-10(11)12-8-4-6-9(7-5-8)17(14,15)16/h4-7,10-13H,1-3H2,(H,14,15,16). The van der Waals surface area contributed by atoms with Crippen LogP contribution in [0.1, 0.15) is 19.3 Å². The zero-order chi connectivity index (χ0) is 12.5. The third-order valence-electron chi connectivity index (χ3n) is 2.98. The number of anilines is 1. The first-order valence-electron chi connectivity index (χ1n) is 5.49. The van der Waals surface area contributed by atoms with E-state index < -0.39 is 10.1 Å². The first-order valence-corrected chi connectivity index (χ1v) is 6.93. The Kier molecular flexibility index (Phi) is 3.37. The van der Waals surface area contributed by atoms with Gasteiger partial charge in [-0.1, -0.05) is 0 Å². The minimum absolute atomic E-state index is 0.0200. The normalized spacial score (nSPS) is 24.8. The lowest BCUT2D eigenvalue weighted by molar-refractivity contribution is 0.172. The zero-order valence-corrected chi connectivity index (χ0v) is 10.0. The average molecular weight is 257 g/mol. The molecule has 0 saturated heterocycles. The molecule has 2 rings (SSSR count). The molecule has 1 aliphatic rings. The first kappa shape index (κ1) is 12.3. The van der Waals surface area contributed by atoms with E-state index in [0.717, 1.165) is 24.9 Å². The number of rotatable bonds is 3. The topological polar surface area (TPSA) is 86.6 Å². The predicted octanol–water partition coefficient (Wildman–Crippen LogP) is 1.26. The number of hydrogen-bond donors (Lipinski definition) is 3. The van der Waals surface area contributed by atoms with Gasteiger partial charge >= 0.3 is 0 Å². The van der Waals surface area contributed by atoms with Crippen molar-refractivity contribution in [3.05, 3.63) is 24.3 Å². The maximum absolute atomic E-state index is 10.8. The van der Waals surface area contributed by atoms with Gasteiger partial charge in [0.05, 0.1) is 17.0 Å². The van der Waals surface area contributed by atoms with Crippen LogP contribution in [-0.4, -0.2) is 30.2 Å². The third kappa shape index (κ3) is 2.96. The average Bonchev–Trinajstić information content (AvgIpc) is 2.64. The van der Waals surface area contributed by atoms with Gasteiger partial charge in [-0.2, -0.15) is 8.42 Å². The Balaban J connectivity index is 2.08. The molecule has 1 aromatic rings. The molecule has 2 atom stereocenters. The maximum Gasteiger partial charge on any atom is 0.294 e. The van der Waals surface area contributed by atoms with E-state index in [1.165, 1.54) is 12.1 Å². The number of aliphatic hydroxyl groups excluding tert-OH is 1. The lowest BCUT2D eigenvalue weighted by Gasteiger charge is -2.17. The van der Waals surface area contributed by atoms with Gasteiger partial charge in [0.2, 0.25) is 0 Å². The van der Waals surface area contributed by atoms with Crippen molar-refractivity contribution in [2.75, 3.05) is 5.32 Å². The lowest BCUT2D eigenvalue weighted by Crippen LogP contribution is -2.27. The van der Waals surface area contributed by atoms with Crippen molar-refractivity contribution >= 4 is 15.8 Å². The number of hydrogen-bond acceptors (Lipinski definition) is 4. The second-order valence-corrected chi connectivity index (χ2v) is 5.67. The van der Waals surface area contributed by atoms with Crippen LogP contribution in [0, 0.1) is 0 Å². The summed E-state index contributed by atoms with van der Waals surface area (Å²) in [5, 5.41) is 12.8. The van der Waals surface area contributed by atoms with Crippen LogP contribution in [0.4, 0.5) is 5.69 Å². The summed E-state index contributed by atoms with van der Waals surface area (Å²) >= 11 is 0. The first-order chi connectivity index (χ1) is 7.97. The van der Waals surface area contributed by atoms with E-state index in [2.05, 4.69) is 5.32 Å². The Morgan fingerprint density at radius 2 is 1.82 bits per heavy atom.